The summed E-state index contributed by atoms with van der Waals surface area (Å²) in [5, 5.41) is 10.1. The predicted molar refractivity (Wildman–Crippen MR) is 68.1 cm³/mol. The normalized spacial score (nSPS) is 21.5. The van der Waals surface area contributed by atoms with Crippen molar-refractivity contribution in [1.29, 1.82) is 0 Å². The van der Waals surface area contributed by atoms with Crippen LogP contribution in [-0.2, 0) is 6.42 Å². The molecule has 2 rings (SSSR count). The maximum absolute atomic E-state index is 13.9. The summed E-state index contributed by atoms with van der Waals surface area (Å²) in [7, 11) is 1.45. The fourth-order valence-corrected chi connectivity index (χ4v) is 3.45. The van der Waals surface area contributed by atoms with E-state index in [2.05, 4.69) is 0 Å². The highest BCUT2D eigenvalue weighted by Gasteiger charge is 2.25. The zero-order valence-electron chi connectivity index (χ0n) is 9.86. The third kappa shape index (κ3) is 2.93. The number of methoxy groups -OCH3 is 1. The van der Waals surface area contributed by atoms with Crippen molar-refractivity contribution >= 4 is 11.8 Å². The molecular formula is C13H17FO2S. The minimum absolute atomic E-state index is 0.246. The monoisotopic (exact) mass is 256 g/mol. The Morgan fingerprint density at radius 2 is 2.41 bits per heavy atom. The molecule has 0 aromatic heterocycles. The predicted octanol–water partition coefficient (Wildman–Crippen LogP) is 2.49. The molecule has 0 radical (unpaired) electrons. The van der Waals surface area contributed by atoms with Gasteiger partial charge in [0, 0.05) is 6.42 Å². The standard InChI is InChI=1S/C13H17FO2S/c1-16-12-4-2-3-9(13(12)14)7-11(15)10-5-6-17-8-10/h2-4,10-11,15H,5-8H2,1H3. The van der Waals surface area contributed by atoms with E-state index in [1.165, 1.54) is 7.11 Å². The minimum Gasteiger partial charge on any atom is -0.494 e. The van der Waals surface area contributed by atoms with E-state index in [1.54, 1.807) is 18.2 Å². The van der Waals surface area contributed by atoms with Crippen LogP contribution in [0.2, 0.25) is 0 Å². The largest absolute Gasteiger partial charge is 0.494 e. The number of rotatable bonds is 4. The van der Waals surface area contributed by atoms with Crippen LogP contribution in [-0.4, -0.2) is 29.8 Å². The smallest absolute Gasteiger partial charge is 0.168 e. The Hall–Kier alpha value is -0.740. The molecule has 1 fully saturated rings. The lowest BCUT2D eigenvalue weighted by Crippen LogP contribution is -2.23. The Bertz CT molecular complexity index is 378. The molecule has 1 aromatic rings. The van der Waals surface area contributed by atoms with Crippen LogP contribution in [0.5, 0.6) is 5.75 Å². The number of halogens is 1. The first-order chi connectivity index (χ1) is 8.22. The quantitative estimate of drug-likeness (QED) is 0.897. The van der Waals surface area contributed by atoms with Gasteiger partial charge < -0.3 is 9.84 Å². The van der Waals surface area contributed by atoms with Crippen molar-refractivity contribution < 1.29 is 14.2 Å². The van der Waals surface area contributed by atoms with Gasteiger partial charge in [-0.2, -0.15) is 11.8 Å². The number of thioether (sulfide) groups is 1. The Balaban J connectivity index is 2.07. The van der Waals surface area contributed by atoms with Gasteiger partial charge in [-0.3, -0.25) is 0 Å². The number of aliphatic hydroxyl groups is 1. The van der Waals surface area contributed by atoms with Gasteiger partial charge in [0.2, 0.25) is 0 Å². The maximum atomic E-state index is 13.9. The van der Waals surface area contributed by atoms with E-state index in [4.69, 9.17) is 4.74 Å². The number of benzene rings is 1. The van der Waals surface area contributed by atoms with Gasteiger partial charge in [-0.1, -0.05) is 12.1 Å². The molecular weight excluding hydrogens is 239 g/mol. The summed E-state index contributed by atoms with van der Waals surface area (Å²) in [6.07, 6.45) is 0.942. The van der Waals surface area contributed by atoms with Gasteiger partial charge >= 0.3 is 0 Å². The fourth-order valence-electron chi connectivity index (χ4n) is 2.12. The van der Waals surface area contributed by atoms with Gasteiger partial charge in [0.05, 0.1) is 13.2 Å². The summed E-state index contributed by atoms with van der Waals surface area (Å²) < 4.78 is 18.8. The molecule has 1 aromatic carbocycles. The number of ether oxygens (including phenoxy) is 1. The summed E-state index contributed by atoms with van der Waals surface area (Å²) in [6, 6.07) is 5.06. The minimum atomic E-state index is -0.452. The Labute approximate surface area is 105 Å². The second kappa shape index (κ2) is 5.74. The van der Waals surface area contributed by atoms with Crippen molar-refractivity contribution in [1.82, 2.24) is 0 Å². The molecule has 1 heterocycles. The Morgan fingerprint density at radius 1 is 1.59 bits per heavy atom. The van der Waals surface area contributed by atoms with Crippen molar-refractivity contribution in [2.75, 3.05) is 18.6 Å². The molecule has 17 heavy (non-hydrogen) atoms. The zero-order valence-corrected chi connectivity index (χ0v) is 10.7. The third-order valence-electron chi connectivity index (χ3n) is 3.20. The summed E-state index contributed by atoms with van der Waals surface area (Å²) in [5.41, 5.74) is 0.536. The second-order valence-corrected chi connectivity index (χ2v) is 5.48. The van der Waals surface area contributed by atoms with Crippen LogP contribution in [0, 0.1) is 11.7 Å². The molecule has 0 amide bonds. The van der Waals surface area contributed by atoms with Crippen LogP contribution in [0.15, 0.2) is 18.2 Å². The number of aliphatic hydroxyl groups excluding tert-OH is 1. The third-order valence-corrected chi connectivity index (χ3v) is 4.39. The second-order valence-electron chi connectivity index (χ2n) is 4.33. The van der Waals surface area contributed by atoms with Crippen LogP contribution in [0.4, 0.5) is 4.39 Å². The zero-order chi connectivity index (χ0) is 12.3. The highest BCUT2D eigenvalue weighted by Crippen LogP contribution is 2.29. The molecule has 2 atom stereocenters. The van der Waals surface area contributed by atoms with Gasteiger partial charge in [-0.15, -0.1) is 0 Å². The molecule has 2 unspecified atom stereocenters. The van der Waals surface area contributed by atoms with Crippen molar-refractivity contribution in [2.45, 2.75) is 18.9 Å². The Morgan fingerprint density at radius 3 is 3.06 bits per heavy atom. The molecule has 0 bridgehead atoms. The molecule has 0 saturated carbocycles. The van der Waals surface area contributed by atoms with Crippen LogP contribution < -0.4 is 4.74 Å². The molecule has 94 valence electrons. The van der Waals surface area contributed by atoms with Gasteiger partial charge in [0.1, 0.15) is 0 Å². The van der Waals surface area contributed by atoms with E-state index in [-0.39, 0.29) is 11.6 Å². The number of hydrogen-bond acceptors (Lipinski definition) is 3. The summed E-state index contributed by atoms with van der Waals surface area (Å²) in [4.78, 5) is 0. The molecule has 1 N–H and O–H groups in total. The SMILES string of the molecule is COc1cccc(CC(O)C2CCSC2)c1F. The van der Waals surface area contributed by atoms with Crippen LogP contribution in [0.3, 0.4) is 0 Å². The van der Waals surface area contributed by atoms with Crippen LogP contribution in [0.25, 0.3) is 0 Å². The summed E-state index contributed by atoms with van der Waals surface area (Å²) in [6.45, 7) is 0. The van der Waals surface area contributed by atoms with Gasteiger partial charge in [0.15, 0.2) is 11.6 Å². The lowest BCUT2D eigenvalue weighted by atomic mass is 9.95. The fraction of sp³-hybridized carbons (Fsp3) is 0.538. The van der Waals surface area contributed by atoms with E-state index < -0.39 is 6.10 Å². The summed E-state index contributed by atoms with van der Waals surface area (Å²) in [5.74, 6) is 2.27. The van der Waals surface area contributed by atoms with Crippen LogP contribution in [0.1, 0.15) is 12.0 Å². The molecule has 0 aliphatic carbocycles. The lowest BCUT2D eigenvalue weighted by molar-refractivity contribution is 0.119. The van der Waals surface area contributed by atoms with E-state index in [9.17, 15) is 9.50 Å². The summed E-state index contributed by atoms with van der Waals surface area (Å²) >= 11 is 1.85. The highest BCUT2D eigenvalue weighted by atomic mass is 32.2. The molecule has 1 saturated heterocycles. The molecule has 2 nitrogen and oxygen atoms in total. The average molecular weight is 256 g/mol. The highest BCUT2D eigenvalue weighted by molar-refractivity contribution is 7.99. The van der Waals surface area contributed by atoms with Crippen molar-refractivity contribution in [3.05, 3.63) is 29.6 Å². The topological polar surface area (TPSA) is 29.5 Å². The first kappa shape index (κ1) is 12.7. The van der Waals surface area contributed by atoms with E-state index >= 15 is 0 Å². The maximum Gasteiger partial charge on any atom is 0.168 e. The molecule has 4 heteroatoms. The first-order valence-electron chi connectivity index (χ1n) is 5.79. The van der Waals surface area contributed by atoms with E-state index in [0.717, 1.165) is 17.9 Å². The molecule has 1 aliphatic heterocycles. The van der Waals surface area contributed by atoms with Crippen LogP contribution >= 0.6 is 11.8 Å². The molecule has 0 spiro atoms. The van der Waals surface area contributed by atoms with Crippen molar-refractivity contribution in [3.63, 3.8) is 0 Å². The van der Waals surface area contributed by atoms with Gasteiger partial charge in [-0.05, 0) is 35.5 Å². The molecule has 1 aliphatic rings. The number of hydrogen-bond donors (Lipinski definition) is 1. The van der Waals surface area contributed by atoms with E-state index in [0.29, 0.717) is 17.9 Å². The average Bonchev–Trinajstić information content (AvgIpc) is 2.85. The lowest BCUT2D eigenvalue weighted by Gasteiger charge is -2.17. The van der Waals surface area contributed by atoms with Crippen molar-refractivity contribution in [3.8, 4) is 5.75 Å². The first-order valence-corrected chi connectivity index (χ1v) is 6.95. The Kier molecular flexibility index (Phi) is 4.29. The van der Waals surface area contributed by atoms with Crippen molar-refractivity contribution in [2.24, 2.45) is 5.92 Å². The van der Waals surface area contributed by atoms with Gasteiger partial charge in [0.25, 0.3) is 0 Å². The van der Waals surface area contributed by atoms with E-state index in [1.807, 2.05) is 11.8 Å². The van der Waals surface area contributed by atoms with Gasteiger partial charge in [-0.25, -0.2) is 4.39 Å².